The van der Waals surface area contributed by atoms with Crippen molar-refractivity contribution in [1.29, 1.82) is 0 Å². The molecule has 0 atom stereocenters. The van der Waals surface area contributed by atoms with Crippen molar-refractivity contribution in [1.82, 2.24) is 0 Å². The molecule has 0 aromatic carbocycles. The molecule has 0 fully saturated rings. The van der Waals surface area contributed by atoms with Gasteiger partial charge in [0.05, 0.1) is 0 Å². The molecule has 0 aliphatic heterocycles. The van der Waals surface area contributed by atoms with E-state index >= 15 is 0 Å². The summed E-state index contributed by atoms with van der Waals surface area (Å²) in [7, 11) is -3.13. The van der Waals surface area contributed by atoms with Gasteiger partial charge in [0.1, 0.15) is 0 Å². The van der Waals surface area contributed by atoms with E-state index in [0.29, 0.717) is 0 Å². The van der Waals surface area contributed by atoms with Crippen molar-refractivity contribution in [3.8, 4) is 0 Å². The molecule has 0 heterocycles. The fourth-order valence-electron chi connectivity index (χ4n) is 0. The second-order valence-electron chi connectivity index (χ2n) is 0.283. The van der Waals surface area contributed by atoms with Gasteiger partial charge in [-0.3, -0.25) is 4.46 Å². The third kappa shape index (κ3) is 55.8. The zero-order valence-electron chi connectivity index (χ0n) is 3.09. The van der Waals surface area contributed by atoms with E-state index in [2.05, 4.69) is 0 Å². The Morgan fingerprint density at radius 3 is 1.33 bits per heavy atom. The van der Waals surface area contributed by atoms with E-state index in [-0.39, 0.29) is 52.2 Å². The van der Waals surface area contributed by atoms with Crippen molar-refractivity contribution in [3.05, 3.63) is 0 Å². The van der Waals surface area contributed by atoms with Gasteiger partial charge in [0.2, 0.25) is 0 Å². The Morgan fingerprint density at radius 1 is 1.33 bits per heavy atom. The van der Waals surface area contributed by atoms with Crippen LogP contribution in [-0.2, 0) is 56.6 Å². The summed E-state index contributed by atoms with van der Waals surface area (Å²) in [6, 6.07) is 0. The molecule has 0 saturated carbocycles. The minimum absolute atomic E-state index is 0. The van der Waals surface area contributed by atoms with Crippen LogP contribution in [0.4, 0.5) is 0 Å². The van der Waals surface area contributed by atoms with Gasteiger partial charge >= 0.3 is 9.17 Å². The van der Waals surface area contributed by atoms with Crippen LogP contribution >= 0.6 is 0 Å². The molecule has 0 aromatic heterocycles. The summed E-state index contributed by atoms with van der Waals surface area (Å²) in [4.78, 5) is 14.3. The van der Waals surface area contributed by atoms with Crippen LogP contribution in [0.5, 0.6) is 0 Å². The van der Waals surface area contributed by atoms with Crippen LogP contribution in [0.2, 0.25) is 0 Å². The molecule has 1 radical (unpaired) electrons. The molecular formula is H2O3SiYZn. The first-order chi connectivity index (χ1) is 1.73. The summed E-state index contributed by atoms with van der Waals surface area (Å²) in [5.41, 5.74) is 0. The molecule has 0 aliphatic rings. The maximum atomic E-state index is 8.74. The topological polar surface area (TPSA) is 57.5 Å². The standard InChI is InChI=1S/H2O3Si.Y.Zn/c1-4(2)3;;/h1-2H;;. The molecular weight excluding hydrogens is 230 g/mol. The zero-order chi connectivity index (χ0) is 3.58. The average Bonchev–Trinajstić information content (AvgIpc) is 0.811. The fourth-order valence-corrected chi connectivity index (χ4v) is 0. The van der Waals surface area contributed by atoms with Gasteiger partial charge in [0, 0.05) is 52.2 Å². The molecule has 0 rings (SSSR count). The van der Waals surface area contributed by atoms with Gasteiger partial charge in [-0.05, 0) is 0 Å². The quantitative estimate of drug-likeness (QED) is 0.494. The minimum Gasteiger partial charge on any atom is -0.511 e. The molecule has 0 saturated heterocycles. The molecule has 0 aliphatic carbocycles. The van der Waals surface area contributed by atoms with Crippen molar-refractivity contribution in [2.75, 3.05) is 0 Å². The first-order valence-corrected chi connectivity index (χ1v) is 1.95. The van der Waals surface area contributed by atoms with E-state index in [1.165, 1.54) is 0 Å². The summed E-state index contributed by atoms with van der Waals surface area (Å²) in [5, 5.41) is 0. The predicted molar refractivity (Wildman–Crippen MR) is 10.9 cm³/mol. The maximum Gasteiger partial charge on any atom is 0.761 e. The monoisotopic (exact) mass is 231 g/mol. The van der Waals surface area contributed by atoms with Gasteiger partial charge in [-0.25, -0.2) is 0 Å². The normalized spacial score (nSPS) is 4.00. The van der Waals surface area contributed by atoms with Crippen LogP contribution in [-0.4, -0.2) is 18.8 Å². The van der Waals surface area contributed by atoms with Gasteiger partial charge < -0.3 is 9.59 Å². The van der Waals surface area contributed by atoms with E-state index in [1.807, 2.05) is 0 Å². The largest absolute Gasteiger partial charge is 0.761 e. The van der Waals surface area contributed by atoms with Crippen LogP contribution in [0.3, 0.4) is 0 Å². The number of rotatable bonds is 0. The van der Waals surface area contributed by atoms with E-state index in [9.17, 15) is 0 Å². The van der Waals surface area contributed by atoms with E-state index in [1.54, 1.807) is 0 Å². The Bertz CT molecular complexity index is 33.8. The second kappa shape index (κ2) is 9.60. The van der Waals surface area contributed by atoms with Crippen molar-refractivity contribution in [3.63, 3.8) is 0 Å². The Hall–Kier alpha value is 1.34. The smallest absolute Gasteiger partial charge is 0.511 e. The van der Waals surface area contributed by atoms with Gasteiger partial charge in [0.25, 0.3) is 0 Å². The third-order valence-electron chi connectivity index (χ3n) is 0. The number of hydrogen-bond acceptors (Lipinski definition) is 1. The zero-order valence-corrected chi connectivity index (χ0v) is 9.89. The molecule has 6 heavy (non-hydrogen) atoms. The molecule has 3 nitrogen and oxygen atoms in total. The van der Waals surface area contributed by atoms with Gasteiger partial charge in [0.15, 0.2) is 0 Å². The van der Waals surface area contributed by atoms with Crippen LogP contribution in [0.15, 0.2) is 0 Å². The fraction of sp³-hybridized carbons (Fsp3) is 0. The maximum absolute atomic E-state index is 8.74. The summed E-state index contributed by atoms with van der Waals surface area (Å²) < 4.78 is 8.74. The summed E-state index contributed by atoms with van der Waals surface area (Å²) in [5.74, 6) is 0. The molecule has 0 unspecified atom stereocenters. The first-order valence-electron chi connectivity index (χ1n) is 0.651. The predicted octanol–water partition coefficient (Wildman–Crippen LogP) is -1.62. The van der Waals surface area contributed by atoms with Gasteiger partial charge in [-0.2, -0.15) is 0 Å². The average molecular weight is 232 g/mol. The molecule has 29 valence electrons. The minimum atomic E-state index is -3.13. The van der Waals surface area contributed by atoms with Crippen LogP contribution in [0, 0.1) is 0 Å². The number of hydrogen-bond donors (Lipinski definition) is 2. The van der Waals surface area contributed by atoms with E-state index in [0.717, 1.165) is 0 Å². The Labute approximate surface area is 74.7 Å². The van der Waals surface area contributed by atoms with Crippen molar-refractivity contribution in [2.45, 2.75) is 0 Å². The Morgan fingerprint density at radius 2 is 1.33 bits per heavy atom. The molecule has 0 amide bonds. The van der Waals surface area contributed by atoms with Crippen LogP contribution in [0.25, 0.3) is 0 Å². The first kappa shape index (κ1) is 15.7. The van der Waals surface area contributed by atoms with E-state index in [4.69, 9.17) is 14.1 Å². The summed E-state index contributed by atoms with van der Waals surface area (Å²) in [6.07, 6.45) is 0. The van der Waals surface area contributed by atoms with Crippen LogP contribution in [0.1, 0.15) is 0 Å². The molecule has 2 N–H and O–H groups in total. The molecule has 6 heteroatoms. The van der Waals surface area contributed by atoms with Crippen molar-refractivity contribution >= 4 is 9.17 Å². The Balaban J connectivity index is -0.0000000450. The molecule has 0 spiro atoms. The Kier molecular flexibility index (Phi) is 25.1. The van der Waals surface area contributed by atoms with Crippen LogP contribution < -0.4 is 0 Å². The third-order valence-corrected chi connectivity index (χ3v) is 0. The van der Waals surface area contributed by atoms with E-state index < -0.39 is 9.17 Å². The second-order valence-corrected chi connectivity index (χ2v) is 0.848. The SMILES string of the molecule is O=[Si](O)O.[Y].[Zn]. The van der Waals surface area contributed by atoms with Crippen molar-refractivity contribution in [2.24, 2.45) is 0 Å². The summed E-state index contributed by atoms with van der Waals surface area (Å²) in [6.45, 7) is 0. The molecule has 0 bridgehead atoms. The molecule has 0 aromatic rings. The van der Waals surface area contributed by atoms with Gasteiger partial charge in [-0.1, -0.05) is 0 Å². The summed E-state index contributed by atoms with van der Waals surface area (Å²) >= 11 is 0. The van der Waals surface area contributed by atoms with Crippen molar-refractivity contribution < 1.29 is 66.2 Å². The van der Waals surface area contributed by atoms with Gasteiger partial charge in [-0.15, -0.1) is 0 Å².